The van der Waals surface area contributed by atoms with Crippen molar-refractivity contribution in [3.63, 3.8) is 0 Å². The molecule has 0 saturated carbocycles. The molecule has 112 valence electrons. The molecule has 3 rings (SSSR count). The number of nitro benzene ring substituents is 1. The average molecular weight is 304 g/mol. The van der Waals surface area contributed by atoms with Gasteiger partial charge in [0.25, 0.3) is 5.69 Å². The summed E-state index contributed by atoms with van der Waals surface area (Å²) in [6.45, 7) is 0. The normalized spacial score (nSPS) is 10.9. The first-order valence-electron chi connectivity index (χ1n) is 7.51. The molecule has 3 aromatic carbocycles. The largest absolute Gasteiger partial charge is 0.289 e. The molecule has 0 heterocycles. The van der Waals surface area contributed by atoms with E-state index in [-0.39, 0.29) is 17.5 Å². The molecule has 4 heteroatoms. The number of ketones is 1. The Hall–Kier alpha value is -3.27. The minimum Gasteiger partial charge on any atom is -0.289 e. The van der Waals surface area contributed by atoms with Crippen LogP contribution < -0.4 is 0 Å². The Morgan fingerprint density at radius 1 is 0.870 bits per heavy atom. The summed E-state index contributed by atoms with van der Waals surface area (Å²) >= 11 is 0. The highest BCUT2D eigenvalue weighted by molar-refractivity contribution is 6.09. The van der Waals surface area contributed by atoms with E-state index in [1.807, 2.05) is 6.07 Å². The van der Waals surface area contributed by atoms with E-state index in [0.29, 0.717) is 22.3 Å². The zero-order valence-electron chi connectivity index (χ0n) is 13.1. The first-order chi connectivity index (χ1) is 11.6. The third-order valence-electron chi connectivity index (χ3n) is 3.48. The molecule has 0 fully saturated rings. The number of nitrogens with zero attached hydrogens (tertiary/aromatic N) is 1. The predicted octanol–water partition coefficient (Wildman–Crippen LogP) is 4.49. The Morgan fingerprint density at radius 2 is 1.65 bits per heavy atom. The smallest absolute Gasteiger partial charge is 0.270 e. The van der Waals surface area contributed by atoms with Crippen LogP contribution in [0.1, 0.15) is 17.3 Å². The van der Waals surface area contributed by atoms with Gasteiger partial charge in [-0.3, -0.25) is 14.9 Å². The van der Waals surface area contributed by atoms with Gasteiger partial charge in [0.1, 0.15) is 0 Å². The lowest BCUT2D eigenvalue weighted by atomic mass is 9.99. The van der Waals surface area contributed by atoms with E-state index in [0.717, 1.165) is 0 Å². The second kappa shape index (κ2) is 6.23. The molecule has 0 unspecified atom stereocenters. The van der Waals surface area contributed by atoms with Gasteiger partial charge in [-0.2, -0.15) is 0 Å². The number of carbonyl (C=O) groups is 1. The molecule has 0 aliphatic rings. The third-order valence-corrected chi connectivity index (χ3v) is 3.48. The molecule has 0 radical (unpaired) electrons. The Bertz CT molecular complexity index is 923. The Balaban J connectivity index is 1.97. The van der Waals surface area contributed by atoms with Crippen LogP contribution in [0.2, 0.25) is 0 Å². The zero-order valence-corrected chi connectivity index (χ0v) is 12.1. The molecule has 0 bridgehead atoms. The SMILES string of the molecule is [2H]c1cc(-c2cccc([N+](=O)[O-])c2)ccc1C(=O)c1ccccc1. The van der Waals surface area contributed by atoms with Crippen molar-refractivity contribution in [3.8, 4) is 11.1 Å². The molecule has 23 heavy (non-hydrogen) atoms. The zero-order chi connectivity index (χ0) is 17.1. The molecule has 0 aromatic heterocycles. The molecule has 0 N–H and O–H groups in total. The van der Waals surface area contributed by atoms with Crippen molar-refractivity contribution in [1.82, 2.24) is 0 Å². The van der Waals surface area contributed by atoms with Crippen molar-refractivity contribution in [2.45, 2.75) is 0 Å². The van der Waals surface area contributed by atoms with Gasteiger partial charge in [-0.05, 0) is 11.1 Å². The lowest BCUT2D eigenvalue weighted by molar-refractivity contribution is -0.384. The lowest BCUT2D eigenvalue weighted by Crippen LogP contribution is -2.00. The summed E-state index contributed by atoms with van der Waals surface area (Å²) in [5.74, 6) is -0.216. The van der Waals surface area contributed by atoms with Crippen LogP contribution in [0.3, 0.4) is 0 Å². The molecule has 4 nitrogen and oxygen atoms in total. The number of benzene rings is 3. The van der Waals surface area contributed by atoms with Crippen LogP contribution in [0.15, 0.2) is 78.8 Å². The van der Waals surface area contributed by atoms with Gasteiger partial charge in [-0.25, -0.2) is 0 Å². The minimum absolute atomic E-state index is 0.0107. The molecule has 0 atom stereocenters. The summed E-state index contributed by atoms with van der Waals surface area (Å²) in [4.78, 5) is 22.9. The van der Waals surface area contributed by atoms with E-state index in [1.54, 1.807) is 54.6 Å². The molecule has 0 saturated heterocycles. The molecule has 0 amide bonds. The van der Waals surface area contributed by atoms with Crippen LogP contribution in [-0.2, 0) is 0 Å². The minimum atomic E-state index is -0.460. The average Bonchev–Trinajstić information content (AvgIpc) is 2.62. The predicted molar refractivity (Wildman–Crippen MR) is 88.4 cm³/mol. The quantitative estimate of drug-likeness (QED) is 0.405. The number of non-ortho nitro benzene ring substituents is 1. The van der Waals surface area contributed by atoms with Gasteiger partial charge in [0.05, 0.1) is 6.29 Å². The van der Waals surface area contributed by atoms with Gasteiger partial charge in [0, 0.05) is 23.3 Å². The standard InChI is InChI=1S/C19H13NO3/c21-19(15-5-2-1-3-6-15)16-11-9-14(10-12-16)17-7-4-8-18(13-17)20(22)23/h1-13H/i11D. The van der Waals surface area contributed by atoms with Crippen molar-refractivity contribution in [3.05, 3.63) is 100 Å². The summed E-state index contributed by atoms with van der Waals surface area (Å²) in [7, 11) is 0. The number of hydrogen-bond donors (Lipinski definition) is 0. The number of rotatable bonds is 4. The van der Waals surface area contributed by atoms with Crippen molar-refractivity contribution >= 4 is 11.5 Å². The van der Waals surface area contributed by atoms with E-state index in [4.69, 9.17) is 1.37 Å². The van der Waals surface area contributed by atoms with Crippen LogP contribution in [0.5, 0.6) is 0 Å². The van der Waals surface area contributed by atoms with Crippen LogP contribution in [0.4, 0.5) is 5.69 Å². The first kappa shape index (κ1) is 13.4. The third kappa shape index (κ3) is 3.16. The molecular formula is C19H13NO3. The fraction of sp³-hybridized carbons (Fsp3) is 0. The van der Waals surface area contributed by atoms with E-state index in [9.17, 15) is 14.9 Å². The molecule has 0 aliphatic heterocycles. The fourth-order valence-corrected chi connectivity index (χ4v) is 2.29. The Kier molecular flexibility index (Phi) is 3.63. The maximum absolute atomic E-state index is 12.4. The van der Waals surface area contributed by atoms with E-state index >= 15 is 0 Å². The van der Waals surface area contributed by atoms with Crippen molar-refractivity contribution in [2.24, 2.45) is 0 Å². The van der Waals surface area contributed by atoms with E-state index in [2.05, 4.69) is 0 Å². The van der Waals surface area contributed by atoms with Crippen LogP contribution in [-0.4, -0.2) is 10.7 Å². The molecule has 0 aliphatic carbocycles. The van der Waals surface area contributed by atoms with Gasteiger partial charge in [-0.1, -0.05) is 66.7 Å². The van der Waals surface area contributed by atoms with Gasteiger partial charge >= 0.3 is 0 Å². The molecule has 0 spiro atoms. The van der Waals surface area contributed by atoms with Gasteiger partial charge in [-0.15, -0.1) is 0 Å². The maximum atomic E-state index is 12.4. The topological polar surface area (TPSA) is 60.2 Å². The highest BCUT2D eigenvalue weighted by Crippen LogP contribution is 2.24. The van der Waals surface area contributed by atoms with Gasteiger partial charge in [0.15, 0.2) is 5.78 Å². The fourth-order valence-electron chi connectivity index (χ4n) is 2.29. The second-order valence-corrected chi connectivity index (χ2v) is 4.99. The van der Waals surface area contributed by atoms with E-state index < -0.39 is 4.92 Å². The van der Waals surface area contributed by atoms with Crippen molar-refractivity contribution < 1.29 is 11.1 Å². The highest BCUT2D eigenvalue weighted by Gasteiger charge is 2.10. The number of carbonyl (C=O) groups excluding carboxylic acids is 1. The summed E-state index contributed by atoms with van der Waals surface area (Å²) in [6, 6.07) is 19.9. The summed E-state index contributed by atoms with van der Waals surface area (Å²) in [5, 5.41) is 10.9. The Labute approximate surface area is 134 Å². The maximum Gasteiger partial charge on any atom is 0.270 e. The first-order valence-corrected chi connectivity index (χ1v) is 7.01. The second-order valence-electron chi connectivity index (χ2n) is 4.99. The summed E-state index contributed by atoms with van der Waals surface area (Å²) in [6.07, 6.45) is 0. The van der Waals surface area contributed by atoms with Gasteiger partial charge in [0.2, 0.25) is 0 Å². The highest BCUT2D eigenvalue weighted by atomic mass is 16.6. The van der Waals surface area contributed by atoms with Crippen molar-refractivity contribution in [2.75, 3.05) is 0 Å². The van der Waals surface area contributed by atoms with Crippen LogP contribution in [0, 0.1) is 10.1 Å². The summed E-state index contributed by atoms with van der Waals surface area (Å²) < 4.78 is 8.12. The molecular weight excluding hydrogens is 290 g/mol. The monoisotopic (exact) mass is 304 g/mol. The Morgan fingerprint density at radius 3 is 2.35 bits per heavy atom. The molecule has 3 aromatic rings. The summed E-state index contributed by atoms with van der Waals surface area (Å²) in [5.41, 5.74) is 2.11. The van der Waals surface area contributed by atoms with E-state index in [1.165, 1.54) is 12.1 Å². The van der Waals surface area contributed by atoms with Crippen LogP contribution >= 0.6 is 0 Å². The number of hydrogen-bond acceptors (Lipinski definition) is 3. The van der Waals surface area contributed by atoms with Gasteiger partial charge < -0.3 is 0 Å². The number of nitro groups is 1. The van der Waals surface area contributed by atoms with Crippen molar-refractivity contribution in [1.29, 1.82) is 0 Å². The van der Waals surface area contributed by atoms with Crippen LogP contribution in [0.25, 0.3) is 11.1 Å². The lowest BCUT2D eigenvalue weighted by Gasteiger charge is -2.04.